The van der Waals surface area contributed by atoms with Crippen LogP contribution in [0.4, 0.5) is 0 Å². The topological polar surface area (TPSA) is 178 Å². The number of hydrogen-bond donors (Lipinski definition) is 4. The summed E-state index contributed by atoms with van der Waals surface area (Å²) >= 11 is 0. The number of aromatic nitrogens is 4. The van der Waals surface area contributed by atoms with Crippen LogP contribution in [0.3, 0.4) is 0 Å². The van der Waals surface area contributed by atoms with Gasteiger partial charge in [-0.25, -0.2) is 9.97 Å². The molecule has 8 bridgehead atoms. The van der Waals surface area contributed by atoms with Crippen LogP contribution < -0.4 is 39.8 Å². The largest absolute Gasteiger partial charge is 2.00 e. The number of aliphatic hydroxyl groups is 2. The second-order valence-electron chi connectivity index (χ2n) is 11.6. The number of aliphatic hydroxyl groups excluding tert-OH is 2. The van der Waals surface area contributed by atoms with Gasteiger partial charge in [-0.15, -0.1) is 0 Å². The van der Waals surface area contributed by atoms with Gasteiger partial charge in [0.15, 0.2) is 0 Å². The number of carbonyl (C=O) groups is 2. The molecule has 2 aliphatic rings. The Bertz CT molecular complexity index is 1940. The van der Waals surface area contributed by atoms with Gasteiger partial charge < -0.3 is 41.4 Å². The van der Waals surface area contributed by atoms with Gasteiger partial charge >= 0.3 is 57.2 Å². The Morgan fingerprint density at radius 2 is 1.07 bits per heavy atom. The summed E-state index contributed by atoms with van der Waals surface area (Å²) in [6.07, 6.45) is -1.59. The number of aromatic amines is 2. The van der Waals surface area contributed by atoms with Gasteiger partial charge in [-0.1, -0.05) is 0 Å². The average Bonchev–Trinajstić information content (AvgIpc) is 3.59. The Morgan fingerprint density at radius 1 is 0.696 bits per heavy atom. The van der Waals surface area contributed by atoms with Crippen LogP contribution in [0.25, 0.3) is 44.4 Å². The summed E-state index contributed by atoms with van der Waals surface area (Å²) in [5.41, 5.74) is 11.3. The minimum Gasteiger partial charge on any atom is -1.00 e. The maximum Gasteiger partial charge on any atom is 2.00 e. The van der Waals surface area contributed by atoms with Crippen LogP contribution in [0.5, 0.6) is 0 Å². The van der Waals surface area contributed by atoms with Crippen molar-refractivity contribution < 1.29 is 88.7 Å². The molecule has 3 aromatic heterocycles. The molecule has 5 heterocycles. The Balaban J connectivity index is 0.00000256. The smallest absolute Gasteiger partial charge is 1.00 e. The number of allylic oxidation sites excluding steroid dienone is 4. The van der Waals surface area contributed by atoms with Crippen LogP contribution >= 0.6 is 0 Å². The third-order valence-electron chi connectivity index (χ3n) is 8.63. The van der Waals surface area contributed by atoms with Crippen LogP contribution in [0.2, 0.25) is 0 Å². The second-order valence-corrected chi connectivity index (χ2v) is 11.6. The van der Waals surface area contributed by atoms with E-state index in [1.54, 1.807) is 19.9 Å². The Kier molecular flexibility index (Phi) is 12.4. The van der Waals surface area contributed by atoms with E-state index in [-0.39, 0.29) is 84.3 Å². The van der Waals surface area contributed by atoms with Crippen LogP contribution in [-0.4, -0.2) is 42.1 Å². The van der Waals surface area contributed by atoms with Crippen LogP contribution in [0.1, 0.15) is 112 Å². The number of nitrogens with one attached hydrogen (secondary N) is 2. The van der Waals surface area contributed by atoms with Crippen LogP contribution in [-0.2, 0) is 37.3 Å². The van der Waals surface area contributed by atoms with E-state index >= 15 is 0 Å². The van der Waals surface area contributed by atoms with Crippen molar-refractivity contribution in [1.29, 1.82) is 0 Å². The normalized spacial score (nSPS) is 14.1. The van der Waals surface area contributed by atoms with E-state index in [0.717, 1.165) is 50.0 Å². The molecule has 0 fully saturated rings. The zero-order valence-electron chi connectivity index (χ0n) is 28.4. The minimum absolute atomic E-state index is 0. The molecule has 12 heteroatoms. The van der Waals surface area contributed by atoms with E-state index in [2.05, 4.69) is 9.97 Å². The van der Waals surface area contributed by atoms with Crippen molar-refractivity contribution >= 4 is 56.3 Å². The van der Waals surface area contributed by atoms with Crippen molar-refractivity contribution in [3.8, 4) is 0 Å². The second kappa shape index (κ2) is 15.1. The van der Waals surface area contributed by atoms with E-state index in [1.807, 2.05) is 45.9 Å². The zero-order chi connectivity index (χ0) is 32.0. The molecule has 46 heavy (non-hydrogen) atoms. The fraction of sp³-hybridized carbons (Fsp3) is 0.353. The number of rotatable bonds is 8. The molecule has 5 rings (SSSR count). The fourth-order valence-corrected chi connectivity index (χ4v) is 6.31. The standard InChI is InChI=1S/C34H38N4O6.Hg.Na.H/c1-15-21(7-9-31(41)42)27-14-28-22(8-10-32(43)44)16(2)24(36-28)12-29-34(20(6)40)18(4)26(38-29)13-30-33(19(5)39)17(3)25(37-30)11-23(15)35-27;;;/h11-14,19-20,37-40H,7-10H2,1-6H3,(H,41,42)(H,43,44);;;/q;+2;+1;-1/p-2. The number of aryl methyl sites for hydroxylation is 2. The molecule has 10 nitrogen and oxygen atoms in total. The molecule has 0 saturated heterocycles. The molecule has 3 aromatic rings. The van der Waals surface area contributed by atoms with Crippen LogP contribution in [0, 0.1) is 13.8 Å². The van der Waals surface area contributed by atoms with Gasteiger partial charge in [-0.05, 0) is 125 Å². The molecule has 0 saturated carbocycles. The first-order chi connectivity index (χ1) is 20.8. The summed E-state index contributed by atoms with van der Waals surface area (Å²) in [5, 5.41) is 44.4. The fourth-order valence-electron chi connectivity index (χ4n) is 6.31. The van der Waals surface area contributed by atoms with Crippen molar-refractivity contribution in [3.05, 3.63) is 69.3 Å². The molecule has 2 aliphatic heterocycles. The molecule has 0 aromatic carbocycles. The van der Waals surface area contributed by atoms with Crippen molar-refractivity contribution in [2.24, 2.45) is 0 Å². The van der Waals surface area contributed by atoms with Gasteiger partial charge in [-0.3, -0.25) is 0 Å². The average molecular weight is 821 g/mol. The van der Waals surface area contributed by atoms with E-state index < -0.39 is 24.1 Å². The summed E-state index contributed by atoms with van der Waals surface area (Å²) in [4.78, 5) is 39.5. The molecule has 0 radical (unpaired) electrons. The molecule has 0 amide bonds. The number of carboxylic acid groups (broad SMARTS) is 2. The SMILES string of the molecule is CC1=C(CCC(=O)[O-])c2cc3nc(cc4[nH]c(cc5[nH]c(cc1n2)c(C)c5C(C)O)c(C)c4C(C)O)C(C)=C3CCC(=O)[O-].[H-].[Hg+2].[Na+]. The maximum absolute atomic E-state index is 11.4. The first-order valence-electron chi connectivity index (χ1n) is 14.7. The first-order valence-corrected chi connectivity index (χ1v) is 14.7. The third-order valence-corrected chi connectivity index (χ3v) is 8.63. The van der Waals surface area contributed by atoms with Gasteiger partial charge in [0, 0.05) is 45.1 Å². The van der Waals surface area contributed by atoms with Crippen molar-refractivity contribution in [2.75, 3.05) is 0 Å². The molecule has 4 N–H and O–H groups in total. The Morgan fingerprint density at radius 3 is 1.46 bits per heavy atom. The summed E-state index contributed by atoms with van der Waals surface area (Å²) in [6.45, 7) is 11.0. The quantitative estimate of drug-likeness (QED) is 0.244. The van der Waals surface area contributed by atoms with Crippen LogP contribution in [0.15, 0.2) is 24.3 Å². The predicted octanol–water partition coefficient (Wildman–Crippen LogP) is 1.07. The monoisotopic (exact) mass is 822 g/mol. The minimum atomic E-state index is -1.18. The van der Waals surface area contributed by atoms with Crippen molar-refractivity contribution in [1.82, 2.24) is 19.9 Å². The summed E-state index contributed by atoms with van der Waals surface area (Å²) in [5.74, 6) is -2.35. The maximum atomic E-state index is 11.4. The number of aliphatic carboxylic acids is 2. The Hall–Kier alpha value is -2.60. The van der Waals surface area contributed by atoms with E-state index in [1.165, 1.54) is 0 Å². The number of nitrogens with zero attached hydrogens (tertiary/aromatic N) is 2. The zero-order valence-corrected chi connectivity index (χ0v) is 34.9. The van der Waals surface area contributed by atoms with Gasteiger partial charge in [0.1, 0.15) is 0 Å². The van der Waals surface area contributed by atoms with Crippen molar-refractivity contribution in [3.63, 3.8) is 0 Å². The molecule has 2 atom stereocenters. The number of carbonyl (C=O) groups excluding carboxylic acids is 2. The number of H-pyrrole nitrogens is 2. The number of hydrogen-bond acceptors (Lipinski definition) is 8. The number of carboxylic acids is 2. The molecular formula is C34H37HgN4NaO6. The third kappa shape index (κ3) is 7.42. The summed E-state index contributed by atoms with van der Waals surface area (Å²) in [6, 6.07) is 7.41. The van der Waals surface area contributed by atoms with Gasteiger partial charge in [0.05, 0.1) is 35.0 Å². The van der Waals surface area contributed by atoms with E-state index in [4.69, 9.17) is 9.97 Å². The molecule has 2 unspecified atom stereocenters. The van der Waals surface area contributed by atoms with Gasteiger partial charge in [0.25, 0.3) is 0 Å². The summed E-state index contributed by atoms with van der Waals surface area (Å²) in [7, 11) is 0. The van der Waals surface area contributed by atoms with Crippen molar-refractivity contribution in [2.45, 2.75) is 79.4 Å². The van der Waals surface area contributed by atoms with E-state index in [9.17, 15) is 30.0 Å². The van der Waals surface area contributed by atoms with Gasteiger partial charge in [0.2, 0.25) is 0 Å². The molecule has 232 valence electrons. The van der Waals surface area contributed by atoms with Gasteiger partial charge in [-0.2, -0.15) is 0 Å². The first kappa shape index (κ1) is 37.8. The predicted molar refractivity (Wildman–Crippen MR) is 166 cm³/mol. The molecule has 0 aliphatic carbocycles. The summed E-state index contributed by atoms with van der Waals surface area (Å²) < 4.78 is 0. The molecule has 0 spiro atoms. The molecular weight excluding hydrogens is 784 g/mol. The Labute approximate surface area is 311 Å². The number of fused-ring (bicyclic) bond motifs is 8. The van der Waals surface area contributed by atoms with E-state index in [0.29, 0.717) is 39.4 Å².